The van der Waals surface area contributed by atoms with Gasteiger partial charge in [-0.15, -0.1) is 0 Å². The number of likely N-dealkylation sites (tertiary alicyclic amines) is 1. The molecule has 1 fully saturated rings. The van der Waals surface area contributed by atoms with Crippen molar-refractivity contribution in [3.05, 3.63) is 77.4 Å². The summed E-state index contributed by atoms with van der Waals surface area (Å²) in [5, 5.41) is 8.72. The zero-order valence-electron chi connectivity index (χ0n) is 26.6. The molecule has 12 nitrogen and oxygen atoms in total. The van der Waals surface area contributed by atoms with Crippen molar-refractivity contribution in [2.45, 2.75) is 36.6 Å². The van der Waals surface area contributed by atoms with E-state index in [4.69, 9.17) is 9.47 Å². The van der Waals surface area contributed by atoms with Crippen LogP contribution in [0.4, 0.5) is 16.2 Å². The lowest BCUT2D eigenvalue weighted by molar-refractivity contribution is -0.131. The Morgan fingerprint density at radius 2 is 1.57 bits per heavy atom. The van der Waals surface area contributed by atoms with Gasteiger partial charge in [-0.05, 0) is 78.4 Å². The molecule has 0 bridgehead atoms. The fraction of sp³-hybridized carbons (Fsp3) is 0.364. The van der Waals surface area contributed by atoms with Gasteiger partial charge in [-0.2, -0.15) is 0 Å². The first-order chi connectivity index (χ1) is 21.9. The third kappa shape index (κ3) is 8.27. The Morgan fingerprint density at radius 1 is 0.913 bits per heavy atom. The Kier molecular flexibility index (Phi) is 11.1. The quantitative estimate of drug-likeness (QED) is 0.317. The molecule has 0 spiro atoms. The number of amides is 3. The minimum Gasteiger partial charge on any atom is -0.493 e. The van der Waals surface area contributed by atoms with Crippen LogP contribution in [0, 0.1) is 0 Å². The van der Waals surface area contributed by atoms with Crippen LogP contribution >= 0.6 is 0 Å². The van der Waals surface area contributed by atoms with Crippen LogP contribution in [0.2, 0.25) is 0 Å². The molecule has 2 heterocycles. The van der Waals surface area contributed by atoms with Crippen LogP contribution in [0.15, 0.2) is 65.6 Å². The zero-order valence-corrected chi connectivity index (χ0v) is 27.4. The summed E-state index contributed by atoms with van der Waals surface area (Å²) >= 11 is 0. The first-order valence-electron chi connectivity index (χ1n) is 14.8. The lowest BCUT2D eigenvalue weighted by atomic mass is 9.91. The maximum Gasteiger partial charge on any atom is 0.411 e. The molecule has 3 aromatic rings. The molecule has 5 rings (SSSR count). The molecule has 3 aromatic carbocycles. The van der Waals surface area contributed by atoms with Crippen LogP contribution in [0.25, 0.3) is 0 Å². The molecule has 2 aliphatic heterocycles. The molecular weight excluding hydrogens is 612 g/mol. The van der Waals surface area contributed by atoms with Crippen molar-refractivity contribution in [1.82, 2.24) is 10.2 Å². The molecule has 0 aromatic heterocycles. The number of hydrogen-bond acceptors (Lipinski definition) is 9. The maximum atomic E-state index is 13.4. The predicted octanol–water partition coefficient (Wildman–Crippen LogP) is 4.59. The number of nitrogens with zero attached hydrogens (tertiary/aromatic N) is 1. The fourth-order valence-electron chi connectivity index (χ4n) is 5.28. The van der Waals surface area contributed by atoms with Crippen molar-refractivity contribution in [1.29, 1.82) is 0 Å². The number of carbonyl (C=O) groups excluding carboxylic acids is 3. The minimum atomic E-state index is -3.20. The summed E-state index contributed by atoms with van der Waals surface area (Å²) in [7, 11) is 1.22. The van der Waals surface area contributed by atoms with Crippen molar-refractivity contribution in [3.63, 3.8) is 0 Å². The van der Waals surface area contributed by atoms with Gasteiger partial charge in [0.15, 0.2) is 21.3 Å². The second-order valence-corrected chi connectivity index (χ2v) is 13.1. The van der Waals surface area contributed by atoms with Gasteiger partial charge in [0.2, 0.25) is 5.91 Å². The Morgan fingerprint density at radius 3 is 2.17 bits per heavy atom. The van der Waals surface area contributed by atoms with E-state index in [9.17, 15) is 22.8 Å². The lowest BCUT2D eigenvalue weighted by Gasteiger charge is -2.27. The summed E-state index contributed by atoms with van der Waals surface area (Å²) in [5.41, 5.74) is 3.68. The summed E-state index contributed by atoms with van der Waals surface area (Å²) in [6.45, 7) is 4.25. The Balaban J connectivity index is 0.000000270. The monoisotopic (exact) mass is 652 g/mol. The average molecular weight is 653 g/mol. The van der Waals surface area contributed by atoms with Crippen LogP contribution in [-0.4, -0.2) is 78.4 Å². The largest absolute Gasteiger partial charge is 0.493 e. The number of methoxy groups -OCH3 is 3. The second kappa shape index (κ2) is 15.0. The third-order valence-corrected chi connectivity index (χ3v) is 8.96. The zero-order chi connectivity index (χ0) is 33.4. The van der Waals surface area contributed by atoms with Gasteiger partial charge < -0.3 is 29.7 Å². The molecule has 0 aliphatic carbocycles. The van der Waals surface area contributed by atoms with Crippen LogP contribution < -0.4 is 25.4 Å². The number of nitrogens with one attached hydrogen (secondary N) is 3. The highest BCUT2D eigenvalue weighted by molar-refractivity contribution is 7.90. The van der Waals surface area contributed by atoms with Gasteiger partial charge >= 0.3 is 6.09 Å². The Hall–Kier alpha value is -4.78. The third-order valence-electron chi connectivity index (χ3n) is 7.83. The fourth-order valence-corrected chi connectivity index (χ4v) is 5.91. The van der Waals surface area contributed by atoms with E-state index < -0.39 is 22.0 Å². The molecular formula is C33H40N4O8S. The summed E-state index contributed by atoms with van der Waals surface area (Å²) in [4.78, 5) is 38.7. The molecule has 46 heavy (non-hydrogen) atoms. The maximum absolute atomic E-state index is 13.4. The molecule has 0 saturated carbocycles. The van der Waals surface area contributed by atoms with Gasteiger partial charge in [-0.3, -0.25) is 14.9 Å². The Bertz CT molecular complexity index is 1670. The van der Waals surface area contributed by atoms with Crippen LogP contribution in [0.5, 0.6) is 11.5 Å². The smallest absolute Gasteiger partial charge is 0.411 e. The molecule has 2 atom stereocenters. The van der Waals surface area contributed by atoms with Gasteiger partial charge in [-0.25, -0.2) is 13.2 Å². The second-order valence-electron chi connectivity index (χ2n) is 11.1. The van der Waals surface area contributed by atoms with Crippen molar-refractivity contribution in [2.24, 2.45) is 0 Å². The van der Waals surface area contributed by atoms with Crippen molar-refractivity contribution < 1.29 is 37.0 Å². The van der Waals surface area contributed by atoms with E-state index in [1.807, 2.05) is 41.3 Å². The van der Waals surface area contributed by atoms with Crippen molar-refractivity contribution >= 4 is 39.1 Å². The average Bonchev–Trinajstić information content (AvgIpc) is 3.60. The van der Waals surface area contributed by atoms with E-state index in [2.05, 4.69) is 27.6 Å². The van der Waals surface area contributed by atoms with Crippen molar-refractivity contribution in [3.8, 4) is 11.5 Å². The van der Waals surface area contributed by atoms with Gasteiger partial charge in [0.1, 0.15) is 6.04 Å². The number of anilines is 2. The molecule has 1 saturated heterocycles. The molecule has 3 N–H and O–H groups in total. The topological polar surface area (TPSA) is 152 Å². The summed E-state index contributed by atoms with van der Waals surface area (Å²) in [5.74, 6) is 1.37. The number of benzene rings is 3. The van der Waals surface area contributed by atoms with E-state index in [1.165, 1.54) is 31.4 Å². The summed E-state index contributed by atoms with van der Waals surface area (Å²) in [6, 6.07) is 16.5. The number of rotatable bonds is 8. The van der Waals surface area contributed by atoms with Gasteiger partial charge in [0, 0.05) is 42.8 Å². The van der Waals surface area contributed by atoms with E-state index >= 15 is 0 Å². The number of fused-ring (bicyclic) bond motifs is 1. The SMILES string of the molecule is COC(=O)Nc1ccc(S(C)(=O)=O)cc1.COc1ccc(C(Nc2ccc3c(c2)C(=O)NC[C@@H]3C)C(=O)N2CCCC2)cc1OC. The molecule has 246 valence electrons. The van der Waals surface area contributed by atoms with E-state index in [-0.39, 0.29) is 22.6 Å². The number of ether oxygens (including phenoxy) is 3. The lowest BCUT2D eigenvalue weighted by Crippen LogP contribution is -2.36. The first-order valence-corrected chi connectivity index (χ1v) is 16.7. The van der Waals surface area contributed by atoms with Crippen LogP contribution in [0.3, 0.4) is 0 Å². The van der Waals surface area contributed by atoms with Crippen LogP contribution in [-0.2, 0) is 19.4 Å². The number of hydrogen-bond donors (Lipinski definition) is 3. The standard InChI is InChI=1S/C24H29N3O4.C9H11NO4S/c1-15-14-25-23(28)19-13-17(7-8-18(15)19)26-22(24(29)27-10-4-5-11-27)16-6-9-20(30-2)21(12-16)31-3;1-14-9(11)10-7-3-5-8(6-4-7)15(2,12)13/h6-9,12-13,15,22,26H,4-5,10-11,14H2,1-3H3,(H,25,28);3-6H,1-2H3,(H,10,11)/t15-,22?;/m0./s1. The van der Waals surface area contributed by atoms with Gasteiger partial charge in [0.25, 0.3) is 5.91 Å². The highest BCUT2D eigenvalue weighted by Gasteiger charge is 2.30. The summed E-state index contributed by atoms with van der Waals surface area (Å²) < 4.78 is 37.4. The molecule has 13 heteroatoms. The molecule has 1 unspecified atom stereocenters. The predicted molar refractivity (Wildman–Crippen MR) is 174 cm³/mol. The minimum absolute atomic E-state index is 0.0141. The number of carbonyl (C=O) groups is 3. The van der Waals surface area contributed by atoms with Crippen LogP contribution in [0.1, 0.15) is 53.2 Å². The van der Waals surface area contributed by atoms with E-state index in [0.717, 1.165) is 49.0 Å². The summed E-state index contributed by atoms with van der Waals surface area (Å²) in [6.07, 6.45) is 2.56. The van der Waals surface area contributed by atoms with E-state index in [0.29, 0.717) is 29.3 Å². The van der Waals surface area contributed by atoms with E-state index in [1.54, 1.807) is 14.2 Å². The van der Waals surface area contributed by atoms with Crippen molar-refractivity contribution in [2.75, 3.05) is 57.9 Å². The Labute approximate surface area is 269 Å². The molecule has 3 amide bonds. The normalized spacial score (nSPS) is 16.2. The number of sulfone groups is 1. The highest BCUT2D eigenvalue weighted by atomic mass is 32.2. The first kappa shape index (κ1) is 34.1. The van der Waals surface area contributed by atoms with Gasteiger partial charge in [0.05, 0.1) is 26.2 Å². The molecule has 0 radical (unpaired) electrons. The highest BCUT2D eigenvalue weighted by Crippen LogP contribution is 2.34. The van der Waals surface area contributed by atoms with Gasteiger partial charge in [-0.1, -0.05) is 19.1 Å². The molecule has 2 aliphatic rings.